The lowest BCUT2D eigenvalue weighted by Crippen LogP contribution is -2.54. The van der Waals surface area contributed by atoms with Gasteiger partial charge in [0.1, 0.15) is 29.3 Å². The first kappa shape index (κ1) is 36.8. The summed E-state index contributed by atoms with van der Waals surface area (Å²) in [5.74, 6) is -1.64. The second-order valence-electron chi connectivity index (χ2n) is 13.8. The molecular weight excluding hydrogens is 594 g/mol. The molecule has 0 aliphatic heterocycles. The number of nitrogens with one attached hydrogen (secondary N) is 2. The van der Waals surface area contributed by atoms with Gasteiger partial charge in [-0.05, 0) is 83.2 Å². The van der Waals surface area contributed by atoms with E-state index in [0.29, 0.717) is 5.56 Å². The van der Waals surface area contributed by atoms with Crippen molar-refractivity contribution >= 4 is 23.9 Å². The molecule has 0 aromatic heterocycles. The molecule has 3 unspecified atom stereocenters. The molecule has 3 amide bonds. The van der Waals surface area contributed by atoms with E-state index in [4.69, 9.17) is 9.47 Å². The summed E-state index contributed by atoms with van der Waals surface area (Å²) in [6, 6.07) is 21.0. The van der Waals surface area contributed by atoms with Gasteiger partial charge in [-0.25, -0.2) is 9.59 Å². The molecule has 3 aromatic rings. The van der Waals surface area contributed by atoms with Crippen molar-refractivity contribution in [3.63, 3.8) is 0 Å². The van der Waals surface area contributed by atoms with Crippen LogP contribution in [0.25, 0.3) is 0 Å². The zero-order valence-electron chi connectivity index (χ0n) is 29.0. The van der Waals surface area contributed by atoms with E-state index < -0.39 is 53.2 Å². The van der Waals surface area contributed by atoms with Crippen LogP contribution < -0.4 is 10.6 Å². The fourth-order valence-corrected chi connectivity index (χ4v) is 5.30. The number of hydrogen-bond donors (Lipinski definition) is 2. The number of nitrogens with zero attached hydrogens (tertiary/aromatic N) is 1. The van der Waals surface area contributed by atoms with E-state index in [9.17, 15) is 19.2 Å². The van der Waals surface area contributed by atoms with Crippen molar-refractivity contribution in [2.24, 2.45) is 0 Å². The molecule has 0 aliphatic rings. The van der Waals surface area contributed by atoms with Crippen LogP contribution in [0.4, 0.5) is 4.79 Å². The van der Waals surface area contributed by atoms with Crippen molar-refractivity contribution in [3.05, 3.63) is 107 Å². The molecule has 0 bridgehead atoms. The zero-order chi connectivity index (χ0) is 34.9. The SMILES string of the molecule is Cc1cccc(C)c1C(C(=O)NC(Cc1ccccc1)C(=O)OC(C)(C)C)N(C)C(=O)C(Cc1ccccc1)NC(=O)OC(C)(C)C. The molecule has 3 rings (SSSR count). The Morgan fingerprint density at radius 2 is 1.13 bits per heavy atom. The van der Waals surface area contributed by atoms with Crippen LogP contribution in [0, 0.1) is 13.8 Å². The minimum Gasteiger partial charge on any atom is -0.458 e. The van der Waals surface area contributed by atoms with Gasteiger partial charge in [0.15, 0.2) is 0 Å². The fourth-order valence-electron chi connectivity index (χ4n) is 5.30. The Morgan fingerprint density at radius 3 is 1.60 bits per heavy atom. The zero-order valence-corrected chi connectivity index (χ0v) is 29.0. The summed E-state index contributed by atoms with van der Waals surface area (Å²) in [6.45, 7) is 14.3. The highest BCUT2D eigenvalue weighted by molar-refractivity contribution is 5.94. The minimum absolute atomic E-state index is 0.166. The van der Waals surface area contributed by atoms with Gasteiger partial charge in [-0.1, -0.05) is 78.9 Å². The van der Waals surface area contributed by atoms with Crippen LogP contribution in [0.1, 0.15) is 75.4 Å². The molecule has 0 spiro atoms. The topological polar surface area (TPSA) is 114 Å². The highest BCUT2D eigenvalue weighted by Crippen LogP contribution is 2.28. The van der Waals surface area contributed by atoms with E-state index in [1.807, 2.05) is 92.7 Å². The van der Waals surface area contributed by atoms with Crippen molar-refractivity contribution in [1.82, 2.24) is 15.5 Å². The summed E-state index contributed by atoms with van der Waals surface area (Å²) in [5, 5.41) is 5.65. The number of esters is 1. The van der Waals surface area contributed by atoms with Crippen molar-refractivity contribution in [3.8, 4) is 0 Å². The monoisotopic (exact) mass is 643 g/mol. The highest BCUT2D eigenvalue weighted by atomic mass is 16.6. The third-order valence-electron chi connectivity index (χ3n) is 7.36. The predicted octanol–water partition coefficient (Wildman–Crippen LogP) is 6.01. The number of amides is 3. The first-order valence-corrected chi connectivity index (χ1v) is 15.9. The molecular formula is C38H49N3O6. The van der Waals surface area contributed by atoms with Crippen molar-refractivity contribution in [2.45, 2.75) is 97.6 Å². The maximum Gasteiger partial charge on any atom is 0.408 e. The van der Waals surface area contributed by atoms with Gasteiger partial charge in [0.2, 0.25) is 11.8 Å². The molecule has 2 N–H and O–H groups in total. The van der Waals surface area contributed by atoms with E-state index in [2.05, 4.69) is 10.6 Å². The van der Waals surface area contributed by atoms with Gasteiger partial charge < -0.3 is 25.0 Å². The molecule has 3 atom stereocenters. The Kier molecular flexibility index (Phi) is 12.3. The lowest BCUT2D eigenvalue weighted by Gasteiger charge is -2.34. The number of carbonyl (C=O) groups is 4. The second-order valence-corrected chi connectivity index (χ2v) is 13.8. The van der Waals surface area contributed by atoms with Crippen LogP contribution in [0.2, 0.25) is 0 Å². The number of ether oxygens (including phenoxy) is 2. The van der Waals surface area contributed by atoms with E-state index in [1.54, 1.807) is 41.5 Å². The van der Waals surface area contributed by atoms with Crippen molar-refractivity contribution < 1.29 is 28.7 Å². The van der Waals surface area contributed by atoms with Gasteiger partial charge in [0.05, 0.1) is 0 Å². The summed E-state index contributed by atoms with van der Waals surface area (Å²) < 4.78 is 11.2. The van der Waals surface area contributed by atoms with Gasteiger partial charge >= 0.3 is 12.1 Å². The van der Waals surface area contributed by atoms with Crippen molar-refractivity contribution in [2.75, 3.05) is 7.05 Å². The molecule has 0 fully saturated rings. The number of benzene rings is 3. The maximum atomic E-state index is 14.4. The van der Waals surface area contributed by atoms with Crippen LogP contribution in [0.5, 0.6) is 0 Å². The van der Waals surface area contributed by atoms with E-state index in [0.717, 1.165) is 22.3 Å². The van der Waals surface area contributed by atoms with Crippen LogP contribution in [0.15, 0.2) is 78.9 Å². The molecule has 252 valence electrons. The summed E-state index contributed by atoms with van der Waals surface area (Å²) in [7, 11) is 1.53. The molecule has 0 aliphatic carbocycles. The Labute approximate surface area is 279 Å². The Hall–Kier alpha value is -4.66. The molecule has 47 heavy (non-hydrogen) atoms. The van der Waals surface area contributed by atoms with Crippen LogP contribution in [-0.2, 0) is 36.7 Å². The van der Waals surface area contributed by atoms with Crippen molar-refractivity contribution in [1.29, 1.82) is 0 Å². The predicted molar refractivity (Wildman–Crippen MR) is 183 cm³/mol. The second kappa shape index (κ2) is 15.8. The molecule has 0 saturated carbocycles. The number of alkyl carbamates (subject to hydrolysis) is 1. The largest absolute Gasteiger partial charge is 0.458 e. The van der Waals surface area contributed by atoms with Gasteiger partial charge in [0, 0.05) is 19.9 Å². The lowest BCUT2D eigenvalue weighted by atomic mass is 9.93. The normalized spacial score (nSPS) is 13.5. The van der Waals surface area contributed by atoms with Crippen LogP contribution in [0.3, 0.4) is 0 Å². The smallest absolute Gasteiger partial charge is 0.408 e. The lowest BCUT2D eigenvalue weighted by molar-refractivity contribution is -0.159. The molecule has 3 aromatic carbocycles. The molecule has 0 heterocycles. The molecule has 9 heteroatoms. The summed E-state index contributed by atoms with van der Waals surface area (Å²) in [4.78, 5) is 56.5. The van der Waals surface area contributed by atoms with E-state index in [1.165, 1.54) is 11.9 Å². The minimum atomic E-state index is -1.14. The Balaban J connectivity index is 2.04. The Morgan fingerprint density at radius 1 is 0.660 bits per heavy atom. The van der Waals surface area contributed by atoms with Gasteiger partial charge in [-0.15, -0.1) is 0 Å². The van der Waals surface area contributed by atoms with E-state index >= 15 is 0 Å². The first-order chi connectivity index (χ1) is 21.9. The number of likely N-dealkylation sites (N-methyl/N-ethyl adjacent to an activating group) is 1. The quantitative estimate of drug-likeness (QED) is 0.248. The van der Waals surface area contributed by atoms with E-state index in [-0.39, 0.29) is 12.8 Å². The summed E-state index contributed by atoms with van der Waals surface area (Å²) in [6.07, 6.45) is -0.393. The average molecular weight is 644 g/mol. The standard InChI is InChI=1S/C38H49N3O6/c1-25-17-16-18-26(2)31(25)32(33(42)39-30(35(44)46-37(3,4)5)24-28-21-14-11-15-22-28)41(9)34(43)29(23-27-19-12-10-13-20-27)40-36(45)47-38(6,7)8/h10-22,29-30,32H,23-24H2,1-9H3,(H,39,42)(H,40,45). The fraction of sp³-hybridized carbons (Fsp3) is 0.421. The van der Waals surface area contributed by atoms with Gasteiger partial charge in [-0.3, -0.25) is 9.59 Å². The van der Waals surface area contributed by atoms with Crippen LogP contribution in [-0.4, -0.2) is 59.1 Å². The average Bonchev–Trinajstić information content (AvgIpc) is 2.97. The highest BCUT2D eigenvalue weighted by Gasteiger charge is 2.38. The van der Waals surface area contributed by atoms with Gasteiger partial charge in [0.25, 0.3) is 0 Å². The third kappa shape index (κ3) is 11.3. The maximum absolute atomic E-state index is 14.4. The molecule has 0 saturated heterocycles. The summed E-state index contributed by atoms with van der Waals surface area (Å²) >= 11 is 0. The molecule has 9 nitrogen and oxygen atoms in total. The number of aryl methyl sites for hydroxylation is 2. The van der Waals surface area contributed by atoms with Crippen LogP contribution >= 0.6 is 0 Å². The molecule has 0 radical (unpaired) electrons. The third-order valence-corrected chi connectivity index (χ3v) is 7.36. The number of carbonyl (C=O) groups excluding carboxylic acids is 4. The number of rotatable bonds is 11. The Bertz CT molecular complexity index is 1510. The first-order valence-electron chi connectivity index (χ1n) is 15.9. The number of hydrogen-bond acceptors (Lipinski definition) is 6. The van der Waals surface area contributed by atoms with Gasteiger partial charge in [-0.2, -0.15) is 0 Å². The summed E-state index contributed by atoms with van der Waals surface area (Å²) in [5.41, 5.74) is 2.29.